The number of unbranched alkanes of at least 4 members (excludes halogenated alkanes) is 8. The molecular formula is C54H90N2O6P+. The van der Waals surface area contributed by atoms with Crippen molar-refractivity contribution in [3.8, 4) is 0 Å². The van der Waals surface area contributed by atoms with Crippen LogP contribution in [0.25, 0.3) is 0 Å². The molecule has 0 spiro atoms. The Morgan fingerprint density at radius 3 is 1.38 bits per heavy atom. The fraction of sp³-hybridized carbons (Fsp3) is 0.574. The first-order valence-electron chi connectivity index (χ1n) is 24.1. The Morgan fingerprint density at radius 1 is 0.556 bits per heavy atom. The number of amides is 1. The molecule has 3 atom stereocenters. The van der Waals surface area contributed by atoms with Gasteiger partial charge in [0.25, 0.3) is 0 Å². The summed E-state index contributed by atoms with van der Waals surface area (Å²) in [7, 11) is 1.52. The minimum atomic E-state index is -4.34. The van der Waals surface area contributed by atoms with Crippen molar-refractivity contribution < 1.29 is 32.9 Å². The van der Waals surface area contributed by atoms with Crippen LogP contribution in [-0.4, -0.2) is 73.4 Å². The fourth-order valence-electron chi connectivity index (χ4n) is 5.83. The molecule has 0 fully saturated rings. The van der Waals surface area contributed by atoms with Crippen molar-refractivity contribution in [1.82, 2.24) is 5.32 Å². The lowest BCUT2D eigenvalue weighted by Gasteiger charge is -2.25. The van der Waals surface area contributed by atoms with Crippen LogP contribution >= 0.6 is 7.82 Å². The molecule has 0 radical (unpaired) electrons. The molecule has 0 aliphatic carbocycles. The highest BCUT2D eigenvalue weighted by molar-refractivity contribution is 7.47. The van der Waals surface area contributed by atoms with Gasteiger partial charge in [-0.1, -0.05) is 180 Å². The molecule has 0 aliphatic heterocycles. The van der Waals surface area contributed by atoms with Crippen LogP contribution in [0.3, 0.4) is 0 Å². The summed E-state index contributed by atoms with van der Waals surface area (Å²) >= 11 is 0. The SMILES string of the molecule is CC/C=C\C/C=C\C/C=C\C/C=C\C/C=C\C/C=C\C/C=C\C/C=C\C/C=C\C/C=C\CCCCCCC(=O)NC(COP(=O)(O)OCC[N+](C)(C)C)C(O)/C=C/CCCCCC. The number of allylic oxidation sites excluding steroid dienone is 21. The molecule has 3 unspecified atom stereocenters. The van der Waals surface area contributed by atoms with E-state index >= 15 is 0 Å². The molecule has 0 aromatic carbocycles. The Hall–Kier alpha value is -3.36. The molecule has 0 bridgehead atoms. The predicted octanol–water partition coefficient (Wildman–Crippen LogP) is 14.0. The number of carbonyl (C=O) groups is 1. The summed E-state index contributed by atoms with van der Waals surface area (Å²) < 4.78 is 23.4. The van der Waals surface area contributed by atoms with Gasteiger partial charge in [0.05, 0.1) is 39.9 Å². The molecule has 0 saturated heterocycles. The van der Waals surface area contributed by atoms with E-state index in [1.54, 1.807) is 6.08 Å². The Kier molecular flexibility index (Phi) is 41.5. The average Bonchev–Trinajstić information content (AvgIpc) is 3.24. The first kappa shape index (κ1) is 59.6. The largest absolute Gasteiger partial charge is 0.472 e. The molecule has 0 aromatic heterocycles. The molecule has 0 heterocycles. The quantitative estimate of drug-likeness (QED) is 0.0244. The van der Waals surface area contributed by atoms with Gasteiger partial charge >= 0.3 is 7.82 Å². The molecule has 356 valence electrons. The van der Waals surface area contributed by atoms with Crippen LogP contribution in [-0.2, 0) is 18.4 Å². The number of phosphoric acid groups is 1. The third kappa shape index (κ3) is 46.4. The second-order valence-corrected chi connectivity index (χ2v) is 18.2. The second-order valence-electron chi connectivity index (χ2n) is 16.8. The van der Waals surface area contributed by atoms with Gasteiger partial charge in [-0.2, -0.15) is 0 Å². The van der Waals surface area contributed by atoms with Gasteiger partial charge in [-0.25, -0.2) is 4.57 Å². The Balaban J connectivity index is 4.14. The Morgan fingerprint density at radius 2 is 0.952 bits per heavy atom. The number of aliphatic hydroxyl groups excluding tert-OH is 1. The fourth-order valence-corrected chi connectivity index (χ4v) is 6.57. The number of hydrogen-bond acceptors (Lipinski definition) is 5. The lowest BCUT2D eigenvalue weighted by atomic mass is 10.1. The van der Waals surface area contributed by atoms with Gasteiger partial charge in [-0.05, 0) is 96.3 Å². The van der Waals surface area contributed by atoms with Gasteiger partial charge in [-0.15, -0.1) is 0 Å². The van der Waals surface area contributed by atoms with Gasteiger partial charge in [-0.3, -0.25) is 13.8 Å². The number of hydrogen-bond donors (Lipinski definition) is 3. The standard InChI is InChI=1S/C54H89N2O6P/c1-6-8-10-12-14-15-16-17-18-19-20-21-22-23-24-25-26-27-28-29-30-31-32-33-34-35-36-37-38-39-40-41-42-44-46-48-54(58)55-52(53(57)47-45-43-13-11-9-7-2)51-62-63(59,60)61-50-49-56(3,4)5/h8,10,14-15,17-18,20-21,23-24,26-27,29-30,32-33,35-36,38-39,45,47,52-53,57H,6-7,9,11-13,16,19,22,25,28,31,34,37,40-44,46,48-51H2,1-5H3,(H-,55,58,59,60)/p+1/b10-8-,15-14-,18-17-,21-20-,24-23-,27-26-,30-29-,33-32-,36-35-,39-38-,47-45+. The number of likely N-dealkylation sites (N-methyl/N-ethyl adjacent to an activating group) is 1. The first-order chi connectivity index (χ1) is 30.5. The van der Waals surface area contributed by atoms with Gasteiger partial charge < -0.3 is 19.8 Å². The predicted molar refractivity (Wildman–Crippen MR) is 271 cm³/mol. The smallest absolute Gasteiger partial charge is 0.387 e. The minimum absolute atomic E-state index is 0.0476. The van der Waals surface area contributed by atoms with E-state index in [0.29, 0.717) is 17.4 Å². The van der Waals surface area contributed by atoms with E-state index in [-0.39, 0.29) is 19.1 Å². The van der Waals surface area contributed by atoms with Crippen LogP contribution in [0.5, 0.6) is 0 Å². The molecule has 0 aliphatic rings. The molecule has 0 aromatic rings. The maximum atomic E-state index is 12.8. The monoisotopic (exact) mass is 894 g/mol. The van der Waals surface area contributed by atoms with Gasteiger partial charge in [0, 0.05) is 6.42 Å². The van der Waals surface area contributed by atoms with Crippen molar-refractivity contribution in [3.63, 3.8) is 0 Å². The highest BCUT2D eigenvalue weighted by atomic mass is 31.2. The lowest BCUT2D eigenvalue weighted by molar-refractivity contribution is -0.870. The number of rotatable bonds is 41. The number of phosphoric ester groups is 1. The highest BCUT2D eigenvalue weighted by Gasteiger charge is 2.27. The Labute approximate surface area is 386 Å². The van der Waals surface area contributed by atoms with Crippen LogP contribution in [0.1, 0.15) is 149 Å². The molecule has 9 heteroatoms. The highest BCUT2D eigenvalue weighted by Crippen LogP contribution is 2.43. The van der Waals surface area contributed by atoms with Crippen molar-refractivity contribution in [2.75, 3.05) is 40.9 Å². The molecule has 1 amide bonds. The zero-order valence-electron chi connectivity index (χ0n) is 40.2. The van der Waals surface area contributed by atoms with Crippen LogP contribution in [0, 0.1) is 0 Å². The maximum absolute atomic E-state index is 12.8. The summed E-state index contributed by atoms with van der Waals surface area (Å²) in [4.78, 5) is 23.0. The van der Waals surface area contributed by atoms with E-state index in [1.165, 1.54) is 6.42 Å². The molecule has 8 nitrogen and oxygen atoms in total. The van der Waals surface area contributed by atoms with Crippen molar-refractivity contribution in [2.24, 2.45) is 0 Å². The summed E-state index contributed by atoms with van der Waals surface area (Å²) in [6.45, 7) is 4.55. The second kappa shape index (κ2) is 43.9. The van der Waals surface area contributed by atoms with E-state index in [2.05, 4.69) is 141 Å². The molecule has 63 heavy (non-hydrogen) atoms. The third-order valence-electron chi connectivity index (χ3n) is 9.63. The van der Waals surface area contributed by atoms with Crippen molar-refractivity contribution in [2.45, 2.75) is 161 Å². The van der Waals surface area contributed by atoms with Crippen LogP contribution in [0.4, 0.5) is 0 Å². The van der Waals surface area contributed by atoms with E-state index < -0.39 is 20.0 Å². The van der Waals surface area contributed by atoms with E-state index in [4.69, 9.17) is 9.05 Å². The van der Waals surface area contributed by atoms with E-state index in [1.807, 2.05) is 27.2 Å². The lowest BCUT2D eigenvalue weighted by Crippen LogP contribution is -2.45. The summed E-state index contributed by atoms with van der Waals surface area (Å²) in [6, 6.07) is -0.866. The molecule has 0 rings (SSSR count). The number of quaternary nitrogens is 1. The van der Waals surface area contributed by atoms with Crippen LogP contribution < -0.4 is 5.32 Å². The van der Waals surface area contributed by atoms with Crippen molar-refractivity contribution >= 4 is 13.7 Å². The molecule has 3 N–H and O–H groups in total. The van der Waals surface area contributed by atoms with Crippen LogP contribution in [0.15, 0.2) is 134 Å². The summed E-state index contributed by atoms with van der Waals surface area (Å²) in [5, 5.41) is 13.6. The zero-order valence-corrected chi connectivity index (χ0v) is 41.1. The average molecular weight is 894 g/mol. The topological polar surface area (TPSA) is 105 Å². The number of carbonyl (C=O) groups excluding carboxylic acids is 1. The molecule has 0 saturated carbocycles. The van der Waals surface area contributed by atoms with Crippen LogP contribution in [0.2, 0.25) is 0 Å². The van der Waals surface area contributed by atoms with Gasteiger partial charge in [0.15, 0.2) is 0 Å². The third-order valence-corrected chi connectivity index (χ3v) is 10.6. The summed E-state index contributed by atoms with van der Waals surface area (Å²) in [6.07, 6.45) is 67.2. The number of aliphatic hydroxyl groups is 1. The number of nitrogens with zero attached hydrogens (tertiary/aromatic N) is 1. The normalized spacial score (nSPS) is 15.3. The van der Waals surface area contributed by atoms with Gasteiger partial charge in [0.1, 0.15) is 13.2 Å². The maximum Gasteiger partial charge on any atom is 0.472 e. The summed E-state index contributed by atoms with van der Waals surface area (Å²) in [5.41, 5.74) is 0. The van der Waals surface area contributed by atoms with Crippen molar-refractivity contribution in [3.05, 3.63) is 134 Å². The first-order valence-corrected chi connectivity index (χ1v) is 25.6. The zero-order chi connectivity index (χ0) is 46.4. The van der Waals surface area contributed by atoms with Crippen molar-refractivity contribution in [1.29, 1.82) is 0 Å². The van der Waals surface area contributed by atoms with E-state index in [0.717, 1.165) is 122 Å². The summed E-state index contributed by atoms with van der Waals surface area (Å²) in [5.74, 6) is -0.215. The number of nitrogens with one attached hydrogen (secondary N) is 1. The molecular weight excluding hydrogens is 804 g/mol. The Bertz CT molecular complexity index is 1480. The van der Waals surface area contributed by atoms with E-state index in [9.17, 15) is 19.4 Å². The minimum Gasteiger partial charge on any atom is -0.387 e. The van der Waals surface area contributed by atoms with Gasteiger partial charge in [0.2, 0.25) is 5.91 Å².